The molecule has 3 fully saturated rings. The Morgan fingerprint density at radius 2 is 1.82 bits per heavy atom. The summed E-state index contributed by atoms with van der Waals surface area (Å²) in [6, 6.07) is 4.54. The molecule has 3 saturated heterocycles. The Morgan fingerprint density at radius 3 is 2.64 bits per heavy atom. The van der Waals surface area contributed by atoms with E-state index >= 15 is 0 Å². The molecular formula is C22H30N4O2. The molecule has 1 amide bonds. The van der Waals surface area contributed by atoms with Gasteiger partial charge in [-0.25, -0.2) is 4.98 Å². The minimum atomic E-state index is 0.214. The Bertz CT molecular complexity index is 821. The number of amides is 1. The molecule has 6 heteroatoms. The number of anilines is 1. The number of carbonyl (C=O) groups excluding carboxylic acids is 1. The Hall–Kier alpha value is -2.08. The van der Waals surface area contributed by atoms with Crippen molar-refractivity contribution in [2.24, 2.45) is 5.92 Å². The van der Waals surface area contributed by atoms with Crippen molar-refractivity contribution < 1.29 is 9.21 Å². The van der Waals surface area contributed by atoms with Crippen LogP contribution in [0.4, 0.5) is 5.82 Å². The third-order valence-corrected chi connectivity index (χ3v) is 6.86. The van der Waals surface area contributed by atoms with Gasteiger partial charge in [-0.15, -0.1) is 0 Å². The molecule has 0 unspecified atom stereocenters. The SMILES string of the molecule is O=C([C@H]1CCCN(C2CCN(c3nccc4occc34)CC2)C1)N1CCCC1. The van der Waals surface area contributed by atoms with Gasteiger partial charge < -0.3 is 14.2 Å². The van der Waals surface area contributed by atoms with Crippen molar-refractivity contribution in [3.8, 4) is 0 Å². The first-order valence-electron chi connectivity index (χ1n) is 10.9. The van der Waals surface area contributed by atoms with E-state index in [9.17, 15) is 4.79 Å². The lowest BCUT2D eigenvalue weighted by atomic mass is 9.93. The Kier molecular flexibility index (Phi) is 4.97. The van der Waals surface area contributed by atoms with Crippen LogP contribution in [0.15, 0.2) is 29.0 Å². The summed E-state index contributed by atoms with van der Waals surface area (Å²) in [6.07, 6.45) is 10.4. The lowest BCUT2D eigenvalue weighted by molar-refractivity contribution is -0.136. The first-order valence-corrected chi connectivity index (χ1v) is 10.9. The molecule has 1 atom stereocenters. The predicted molar refractivity (Wildman–Crippen MR) is 109 cm³/mol. The summed E-state index contributed by atoms with van der Waals surface area (Å²) in [6.45, 7) is 6.08. The second kappa shape index (κ2) is 7.74. The second-order valence-electron chi connectivity index (χ2n) is 8.55. The highest BCUT2D eigenvalue weighted by Crippen LogP contribution is 2.30. The van der Waals surface area contributed by atoms with E-state index in [0.717, 1.165) is 81.7 Å². The molecule has 0 radical (unpaired) electrons. The Morgan fingerprint density at radius 1 is 1.00 bits per heavy atom. The number of furan rings is 1. The molecule has 0 saturated carbocycles. The van der Waals surface area contributed by atoms with Gasteiger partial charge in [-0.2, -0.15) is 0 Å². The molecule has 0 N–H and O–H groups in total. The van der Waals surface area contributed by atoms with Gasteiger partial charge in [0.15, 0.2) is 0 Å². The molecule has 0 spiro atoms. The molecular weight excluding hydrogens is 352 g/mol. The van der Waals surface area contributed by atoms with Crippen molar-refractivity contribution in [1.82, 2.24) is 14.8 Å². The van der Waals surface area contributed by atoms with E-state index in [1.54, 1.807) is 6.26 Å². The monoisotopic (exact) mass is 382 g/mol. The van der Waals surface area contributed by atoms with Crippen LogP contribution in [0.3, 0.4) is 0 Å². The van der Waals surface area contributed by atoms with Crippen LogP contribution in [-0.2, 0) is 4.79 Å². The smallest absolute Gasteiger partial charge is 0.226 e. The van der Waals surface area contributed by atoms with Crippen molar-refractivity contribution in [2.75, 3.05) is 44.2 Å². The second-order valence-corrected chi connectivity index (χ2v) is 8.55. The number of carbonyl (C=O) groups is 1. The van der Waals surface area contributed by atoms with Crippen molar-refractivity contribution >= 4 is 22.7 Å². The summed E-state index contributed by atoms with van der Waals surface area (Å²) in [5, 5.41) is 1.11. The summed E-state index contributed by atoms with van der Waals surface area (Å²) < 4.78 is 5.53. The van der Waals surface area contributed by atoms with Crippen LogP contribution < -0.4 is 4.90 Å². The van der Waals surface area contributed by atoms with E-state index in [4.69, 9.17) is 4.42 Å². The number of piperidine rings is 2. The third kappa shape index (κ3) is 3.39. The maximum Gasteiger partial charge on any atom is 0.226 e. The molecule has 5 rings (SSSR count). The number of rotatable bonds is 3. The van der Waals surface area contributed by atoms with Crippen LogP contribution >= 0.6 is 0 Å². The largest absolute Gasteiger partial charge is 0.464 e. The molecule has 0 bridgehead atoms. The van der Waals surface area contributed by atoms with E-state index < -0.39 is 0 Å². The van der Waals surface area contributed by atoms with Crippen LogP contribution in [-0.4, -0.2) is 66.0 Å². The van der Waals surface area contributed by atoms with Gasteiger partial charge in [-0.05, 0) is 57.2 Å². The number of likely N-dealkylation sites (tertiary alicyclic amines) is 2. The number of pyridine rings is 1. The maximum atomic E-state index is 12.8. The number of hydrogen-bond acceptors (Lipinski definition) is 5. The first kappa shape index (κ1) is 18.0. The van der Waals surface area contributed by atoms with Crippen molar-refractivity contribution in [2.45, 2.75) is 44.6 Å². The lowest BCUT2D eigenvalue weighted by Gasteiger charge is -2.42. The molecule has 0 aromatic carbocycles. The third-order valence-electron chi connectivity index (χ3n) is 6.86. The average Bonchev–Trinajstić information content (AvgIpc) is 3.45. The fourth-order valence-electron chi connectivity index (χ4n) is 5.31. The standard InChI is InChI=1S/C22H30N4O2/c27-22(25-10-1-2-11-25)17-4-3-12-26(16-17)18-6-13-24(14-7-18)21-19-8-15-28-20(19)5-9-23-21/h5,8-9,15,17-18H,1-4,6-7,10-14,16H2/t17-/m0/s1. The van der Waals surface area contributed by atoms with Gasteiger partial charge in [-0.1, -0.05) is 0 Å². The van der Waals surface area contributed by atoms with Crippen molar-refractivity contribution in [3.63, 3.8) is 0 Å². The fourth-order valence-corrected chi connectivity index (χ4v) is 5.31. The highest BCUT2D eigenvalue weighted by Gasteiger charge is 2.34. The van der Waals surface area contributed by atoms with Crippen LogP contribution in [0.5, 0.6) is 0 Å². The van der Waals surface area contributed by atoms with Crippen molar-refractivity contribution in [3.05, 3.63) is 24.6 Å². The molecule has 150 valence electrons. The zero-order chi connectivity index (χ0) is 18.9. The van der Waals surface area contributed by atoms with Crippen LogP contribution in [0, 0.1) is 5.92 Å². The molecule has 3 aliphatic rings. The van der Waals surface area contributed by atoms with E-state index in [2.05, 4.69) is 19.7 Å². The Labute approximate surface area is 166 Å². The zero-order valence-corrected chi connectivity index (χ0v) is 16.6. The average molecular weight is 383 g/mol. The van der Waals surface area contributed by atoms with Gasteiger partial charge >= 0.3 is 0 Å². The van der Waals surface area contributed by atoms with Crippen LogP contribution in [0.25, 0.3) is 11.0 Å². The van der Waals surface area contributed by atoms with Gasteiger partial charge in [0, 0.05) is 45.0 Å². The summed E-state index contributed by atoms with van der Waals surface area (Å²) >= 11 is 0. The van der Waals surface area contributed by atoms with Gasteiger partial charge in [0.05, 0.1) is 17.6 Å². The minimum Gasteiger partial charge on any atom is -0.464 e. The zero-order valence-electron chi connectivity index (χ0n) is 16.6. The molecule has 6 nitrogen and oxygen atoms in total. The quantitative estimate of drug-likeness (QED) is 0.816. The minimum absolute atomic E-state index is 0.214. The number of nitrogens with zero attached hydrogens (tertiary/aromatic N) is 4. The lowest BCUT2D eigenvalue weighted by Crippen LogP contribution is -2.51. The summed E-state index contributed by atoms with van der Waals surface area (Å²) in [7, 11) is 0. The normalized spacial score (nSPS) is 24.9. The van der Waals surface area contributed by atoms with Gasteiger partial charge in [0.25, 0.3) is 0 Å². The van der Waals surface area contributed by atoms with E-state index in [1.165, 1.54) is 12.8 Å². The van der Waals surface area contributed by atoms with Crippen LogP contribution in [0.2, 0.25) is 0 Å². The highest BCUT2D eigenvalue weighted by atomic mass is 16.3. The number of hydrogen-bond donors (Lipinski definition) is 0. The van der Waals surface area contributed by atoms with Crippen molar-refractivity contribution in [1.29, 1.82) is 0 Å². The predicted octanol–water partition coefficient (Wildman–Crippen LogP) is 3.13. The van der Waals surface area contributed by atoms with Crippen LogP contribution in [0.1, 0.15) is 38.5 Å². The summed E-state index contributed by atoms with van der Waals surface area (Å²) in [5.74, 6) is 1.67. The summed E-state index contributed by atoms with van der Waals surface area (Å²) in [4.78, 5) is 24.6. The Balaban J connectivity index is 1.20. The van der Waals surface area contributed by atoms with E-state index in [-0.39, 0.29) is 5.92 Å². The molecule has 5 heterocycles. The molecule has 2 aromatic rings. The topological polar surface area (TPSA) is 52.8 Å². The van der Waals surface area contributed by atoms with E-state index in [1.807, 2.05) is 18.3 Å². The molecule has 3 aliphatic heterocycles. The number of fused-ring (bicyclic) bond motifs is 1. The highest BCUT2D eigenvalue weighted by molar-refractivity contribution is 5.88. The number of aromatic nitrogens is 1. The maximum absolute atomic E-state index is 12.8. The van der Waals surface area contributed by atoms with Gasteiger partial charge in [0.2, 0.25) is 5.91 Å². The first-order chi connectivity index (χ1) is 13.8. The molecule has 0 aliphatic carbocycles. The van der Waals surface area contributed by atoms with E-state index in [0.29, 0.717) is 11.9 Å². The summed E-state index contributed by atoms with van der Waals surface area (Å²) in [5.41, 5.74) is 0.909. The van der Waals surface area contributed by atoms with Gasteiger partial charge in [0.1, 0.15) is 11.4 Å². The van der Waals surface area contributed by atoms with Gasteiger partial charge in [-0.3, -0.25) is 9.69 Å². The molecule has 2 aromatic heterocycles. The fraction of sp³-hybridized carbons (Fsp3) is 0.636. The molecule has 28 heavy (non-hydrogen) atoms.